The summed E-state index contributed by atoms with van der Waals surface area (Å²) in [5.74, 6) is 0. The van der Waals surface area contributed by atoms with E-state index in [0.717, 1.165) is 26.1 Å². The molecule has 0 aliphatic carbocycles. The maximum absolute atomic E-state index is 5.64. The van der Waals surface area contributed by atoms with Crippen molar-refractivity contribution in [2.75, 3.05) is 31.7 Å². The van der Waals surface area contributed by atoms with E-state index < -0.39 is 0 Å². The Labute approximate surface area is 97.2 Å². The third kappa shape index (κ3) is 2.36. The summed E-state index contributed by atoms with van der Waals surface area (Å²) < 4.78 is 5.43. The van der Waals surface area contributed by atoms with Crippen LogP contribution in [0.25, 0.3) is 0 Å². The first kappa shape index (κ1) is 11.4. The molecule has 1 heterocycles. The van der Waals surface area contributed by atoms with Gasteiger partial charge in [0.05, 0.1) is 12.6 Å². The minimum absolute atomic E-state index is 0.513. The van der Waals surface area contributed by atoms with Crippen molar-refractivity contribution in [3.8, 4) is 0 Å². The maximum Gasteiger partial charge on any atom is 0.0670 e. The van der Waals surface area contributed by atoms with Gasteiger partial charge in [0.2, 0.25) is 0 Å². The van der Waals surface area contributed by atoms with E-state index in [1.165, 1.54) is 11.3 Å². The van der Waals surface area contributed by atoms with Gasteiger partial charge >= 0.3 is 0 Å². The number of hydrogen-bond donors (Lipinski definition) is 1. The third-order valence-corrected chi connectivity index (χ3v) is 3.24. The van der Waals surface area contributed by atoms with Crippen LogP contribution in [0.1, 0.15) is 12.0 Å². The molecule has 2 rings (SSSR count). The smallest absolute Gasteiger partial charge is 0.0670 e. The van der Waals surface area contributed by atoms with Crippen LogP contribution in [0.15, 0.2) is 24.3 Å². The molecule has 0 spiro atoms. The highest BCUT2D eigenvalue weighted by molar-refractivity contribution is 5.54. The van der Waals surface area contributed by atoms with Crippen LogP contribution in [-0.2, 0) is 11.2 Å². The largest absolute Gasteiger partial charge is 0.379 e. The summed E-state index contributed by atoms with van der Waals surface area (Å²) in [5.41, 5.74) is 8.27. The van der Waals surface area contributed by atoms with E-state index in [1.54, 1.807) is 0 Å². The number of ether oxygens (including phenoxy) is 1. The molecule has 88 valence electrons. The summed E-state index contributed by atoms with van der Waals surface area (Å²) in [6.45, 7) is 2.42. The van der Waals surface area contributed by atoms with Crippen molar-refractivity contribution in [3.05, 3.63) is 29.8 Å². The molecule has 1 saturated heterocycles. The second-order valence-electron chi connectivity index (χ2n) is 4.30. The normalized spacial score (nSPS) is 20.0. The Bertz CT molecular complexity index is 334. The number of nitrogens with two attached hydrogens (primary N) is 1. The van der Waals surface area contributed by atoms with Crippen molar-refractivity contribution in [1.82, 2.24) is 0 Å². The number of likely N-dealkylation sites (N-methyl/N-ethyl adjacent to an activating group) is 1. The average molecular weight is 220 g/mol. The van der Waals surface area contributed by atoms with E-state index in [0.29, 0.717) is 12.6 Å². The molecular weight excluding hydrogens is 200 g/mol. The van der Waals surface area contributed by atoms with E-state index in [9.17, 15) is 0 Å². The highest BCUT2D eigenvalue weighted by atomic mass is 16.5. The fourth-order valence-corrected chi connectivity index (χ4v) is 2.25. The second kappa shape index (κ2) is 5.32. The van der Waals surface area contributed by atoms with Gasteiger partial charge in [-0.25, -0.2) is 0 Å². The highest BCUT2D eigenvalue weighted by Crippen LogP contribution is 2.24. The molecule has 1 aliphatic rings. The van der Waals surface area contributed by atoms with Crippen LogP contribution in [0.5, 0.6) is 0 Å². The fraction of sp³-hybridized carbons (Fsp3) is 0.538. The predicted molar refractivity (Wildman–Crippen MR) is 66.8 cm³/mol. The molecule has 0 saturated carbocycles. The van der Waals surface area contributed by atoms with E-state index in [1.807, 2.05) is 0 Å². The molecule has 1 unspecified atom stereocenters. The molecule has 1 atom stereocenters. The van der Waals surface area contributed by atoms with Crippen molar-refractivity contribution < 1.29 is 4.74 Å². The fourth-order valence-electron chi connectivity index (χ4n) is 2.25. The zero-order valence-electron chi connectivity index (χ0n) is 9.86. The molecule has 0 bridgehead atoms. The maximum atomic E-state index is 5.64. The van der Waals surface area contributed by atoms with E-state index in [-0.39, 0.29) is 0 Å². The lowest BCUT2D eigenvalue weighted by Crippen LogP contribution is -2.32. The molecule has 0 amide bonds. The molecule has 0 aromatic heterocycles. The van der Waals surface area contributed by atoms with Gasteiger partial charge in [0.15, 0.2) is 0 Å². The Morgan fingerprint density at radius 2 is 2.25 bits per heavy atom. The Morgan fingerprint density at radius 1 is 1.44 bits per heavy atom. The van der Waals surface area contributed by atoms with Crippen LogP contribution in [0, 0.1) is 0 Å². The van der Waals surface area contributed by atoms with Crippen LogP contribution < -0.4 is 10.6 Å². The predicted octanol–water partition coefficient (Wildman–Crippen LogP) is 1.41. The number of hydrogen-bond acceptors (Lipinski definition) is 3. The molecular formula is C13H20N2O. The molecule has 0 radical (unpaired) electrons. The summed E-state index contributed by atoms with van der Waals surface area (Å²) in [6, 6.07) is 9.01. The lowest BCUT2D eigenvalue weighted by molar-refractivity contribution is 0.193. The van der Waals surface area contributed by atoms with Crippen LogP contribution in [0.4, 0.5) is 5.69 Å². The number of para-hydroxylation sites is 1. The van der Waals surface area contributed by atoms with Gasteiger partial charge in [-0.2, -0.15) is 0 Å². The lowest BCUT2D eigenvalue weighted by atomic mass is 10.1. The molecule has 1 aromatic rings. The van der Waals surface area contributed by atoms with Crippen LogP contribution in [-0.4, -0.2) is 32.8 Å². The Balaban J connectivity index is 2.17. The van der Waals surface area contributed by atoms with Gasteiger partial charge in [-0.15, -0.1) is 0 Å². The average Bonchev–Trinajstić information content (AvgIpc) is 2.83. The van der Waals surface area contributed by atoms with E-state index in [4.69, 9.17) is 10.5 Å². The summed E-state index contributed by atoms with van der Waals surface area (Å²) >= 11 is 0. The Morgan fingerprint density at radius 3 is 2.94 bits per heavy atom. The number of rotatable bonds is 4. The molecule has 1 aromatic carbocycles. The molecule has 1 aliphatic heterocycles. The molecule has 1 fully saturated rings. The number of benzene rings is 1. The van der Waals surface area contributed by atoms with Crippen molar-refractivity contribution >= 4 is 5.69 Å². The van der Waals surface area contributed by atoms with Gasteiger partial charge in [0.25, 0.3) is 0 Å². The Hall–Kier alpha value is -1.06. The van der Waals surface area contributed by atoms with Gasteiger partial charge in [-0.05, 0) is 31.0 Å². The minimum Gasteiger partial charge on any atom is -0.379 e. The summed E-state index contributed by atoms with van der Waals surface area (Å²) in [7, 11) is 2.15. The highest BCUT2D eigenvalue weighted by Gasteiger charge is 2.21. The summed E-state index contributed by atoms with van der Waals surface area (Å²) in [4.78, 5) is 2.33. The van der Waals surface area contributed by atoms with Crippen molar-refractivity contribution in [1.29, 1.82) is 0 Å². The third-order valence-electron chi connectivity index (χ3n) is 3.24. The number of anilines is 1. The topological polar surface area (TPSA) is 38.5 Å². The van der Waals surface area contributed by atoms with E-state index in [2.05, 4.69) is 36.2 Å². The van der Waals surface area contributed by atoms with Crippen molar-refractivity contribution in [3.63, 3.8) is 0 Å². The van der Waals surface area contributed by atoms with Gasteiger partial charge in [-0.1, -0.05) is 18.2 Å². The van der Waals surface area contributed by atoms with Crippen LogP contribution >= 0.6 is 0 Å². The Kier molecular flexibility index (Phi) is 3.80. The van der Waals surface area contributed by atoms with E-state index >= 15 is 0 Å². The van der Waals surface area contributed by atoms with Gasteiger partial charge in [0, 0.05) is 19.3 Å². The molecule has 3 heteroatoms. The van der Waals surface area contributed by atoms with Crippen LogP contribution in [0.2, 0.25) is 0 Å². The first-order valence-electron chi connectivity index (χ1n) is 5.91. The summed E-state index contributed by atoms with van der Waals surface area (Å²) in [5, 5.41) is 0. The van der Waals surface area contributed by atoms with Gasteiger partial charge in [-0.3, -0.25) is 0 Å². The molecule has 3 nitrogen and oxygen atoms in total. The molecule has 2 N–H and O–H groups in total. The quantitative estimate of drug-likeness (QED) is 0.834. The zero-order chi connectivity index (χ0) is 11.4. The van der Waals surface area contributed by atoms with Crippen molar-refractivity contribution in [2.24, 2.45) is 5.73 Å². The summed E-state index contributed by atoms with van der Waals surface area (Å²) in [6.07, 6.45) is 2.06. The standard InChI is InChI=1S/C13H20N2O/c1-15(12-7-9-16-10-12)13-5-3-2-4-11(13)6-8-14/h2-5,12H,6-10,14H2,1H3. The van der Waals surface area contributed by atoms with Crippen LogP contribution in [0.3, 0.4) is 0 Å². The monoisotopic (exact) mass is 220 g/mol. The first-order valence-corrected chi connectivity index (χ1v) is 5.91. The minimum atomic E-state index is 0.513. The molecule has 16 heavy (non-hydrogen) atoms. The first-order chi connectivity index (χ1) is 7.83. The van der Waals surface area contributed by atoms with Crippen molar-refractivity contribution in [2.45, 2.75) is 18.9 Å². The van der Waals surface area contributed by atoms with Gasteiger partial charge < -0.3 is 15.4 Å². The number of nitrogens with zero attached hydrogens (tertiary/aromatic N) is 1. The second-order valence-corrected chi connectivity index (χ2v) is 4.30. The van der Waals surface area contributed by atoms with Gasteiger partial charge in [0.1, 0.15) is 0 Å². The SMILES string of the molecule is CN(c1ccccc1CCN)C1CCOC1. The lowest BCUT2D eigenvalue weighted by Gasteiger charge is -2.27. The zero-order valence-corrected chi connectivity index (χ0v) is 9.86.